The molecule has 2 N–H and O–H groups in total. The largest absolute Gasteiger partial charge is 0.462 e. The van der Waals surface area contributed by atoms with Crippen LogP contribution < -0.4 is 5.32 Å². The summed E-state index contributed by atoms with van der Waals surface area (Å²) in [5.41, 5.74) is 1.64. The molecule has 6 nitrogen and oxygen atoms in total. The first kappa shape index (κ1) is 14.5. The van der Waals surface area contributed by atoms with Gasteiger partial charge in [-0.1, -0.05) is 0 Å². The van der Waals surface area contributed by atoms with Crippen LogP contribution in [0.1, 0.15) is 38.1 Å². The Morgan fingerprint density at radius 1 is 1.29 bits per heavy atom. The van der Waals surface area contributed by atoms with E-state index in [4.69, 9.17) is 4.74 Å². The molecule has 0 saturated carbocycles. The number of aldehydes is 1. The van der Waals surface area contributed by atoms with Crippen molar-refractivity contribution in [2.24, 2.45) is 0 Å². The van der Waals surface area contributed by atoms with Crippen LogP contribution in [0, 0.1) is 0 Å². The molecule has 1 heterocycles. The number of esters is 1. The number of H-pyrrole nitrogens is 1. The predicted octanol–water partition coefficient (Wildman–Crippen LogP) is 2.26. The first-order valence-electron chi connectivity index (χ1n) is 6.36. The van der Waals surface area contributed by atoms with Crippen molar-refractivity contribution in [2.45, 2.75) is 6.92 Å². The number of hydrogen-bond donors (Lipinski definition) is 2. The molecule has 1 aromatic carbocycles. The summed E-state index contributed by atoms with van der Waals surface area (Å²) >= 11 is 0. The summed E-state index contributed by atoms with van der Waals surface area (Å²) in [6.45, 7) is 2.04. The maximum absolute atomic E-state index is 11.9. The number of aromatic amines is 1. The van der Waals surface area contributed by atoms with Crippen LogP contribution in [-0.4, -0.2) is 29.8 Å². The molecule has 2 rings (SSSR count). The van der Waals surface area contributed by atoms with E-state index in [9.17, 15) is 14.4 Å². The van der Waals surface area contributed by atoms with Gasteiger partial charge in [-0.2, -0.15) is 0 Å². The van der Waals surface area contributed by atoms with Crippen molar-refractivity contribution in [3.8, 4) is 0 Å². The van der Waals surface area contributed by atoms with E-state index in [0.29, 0.717) is 29.7 Å². The van der Waals surface area contributed by atoms with E-state index in [1.54, 1.807) is 31.2 Å². The Balaban J connectivity index is 2.04. The number of nitrogens with one attached hydrogen (secondary N) is 2. The van der Waals surface area contributed by atoms with Gasteiger partial charge in [0, 0.05) is 17.4 Å². The topological polar surface area (TPSA) is 88.3 Å². The first-order valence-corrected chi connectivity index (χ1v) is 6.36. The average molecular weight is 286 g/mol. The molecule has 0 aliphatic carbocycles. The van der Waals surface area contributed by atoms with Crippen LogP contribution in [0.3, 0.4) is 0 Å². The van der Waals surface area contributed by atoms with Crippen LogP contribution in [-0.2, 0) is 4.74 Å². The van der Waals surface area contributed by atoms with Gasteiger partial charge in [-0.25, -0.2) is 4.79 Å². The van der Waals surface area contributed by atoms with E-state index in [-0.39, 0.29) is 11.6 Å². The van der Waals surface area contributed by atoms with Gasteiger partial charge in [-0.3, -0.25) is 9.59 Å². The zero-order chi connectivity index (χ0) is 15.2. The number of carbonyl (C=O) groups is 3. The molecule has 0 aliphatic rings. The highest BCUT2D eigenvalue weighted by Gasteiger charge is 2.10. The van der Waals surface area contributed by atoms with E-state index < -0.39 is 5.97 Å². The van der Waals surface area contributed by atoms with Gasteiger partial charge in [0.2, 0.25) is 0 Å². The fourth-order valence-electron chi connectivity index (χ4n) is 1.71. The van der Waals surface area contributed by atoms with E-state index in [0.717, 1.165) is 0 Å². The molecule has 0 fully saturated rings. The maximum Gasteiger partial charge on any atom is 0.338 e. The van der Waals surface area contributed by atoms with Gasteiger partial charge in [0.1, 0.15) is 5.69 Å². The Hall–Kier alpha value is -2.89. The number of ether oxygens (including phenoxy) is 1. The third-order valence-electron chi connectivity index (χ3n) is 2.74. The molecule has 0 unspecified atom stereocenters. The van der Waals surface area contributed by atoms with Crippen molar-refractivity contribution in [1.82, 2.24) is 4.98 Å². The molecular formula is C15H14N2O4. The number of benzene rings is 1. The summed E-state index contributed by atoms with van der Waals surface area (Å²) in [6.07, 6.45) is 2.10. The second kappa shape index (κ2) is 6.51. The van der Waals surface area contributed by atoms with Crippen LogP contribution in [0.2, 0.25) is 0 Å². The summed E-state index contributed by atoms with van der Waals surface area (Å²) in [6, 6.07) is 7.80. The van der Waals surface area contributed by atoms with E-state index in [1.165, 1.54) is 12.3 Å². The third kappa shape index (κ3) is 3.56. The van der Waals surface area contributed by atoms with Crippen molar-refractivity contribution in [3.63, 3.8) is 0 Å². The quantitative estimate of drug-likeness (QED) is 0.651. The summed E-state index contributed by atoms with van der Waals surface area (Å²) in [7, 11) is 0. The number of carbonyl (C=O) groups excluding carboxylic acids is 3. The minimum atomic E-state index is -0.407. The minimum absolute atomic E-state index is 0.284. The standard InChI is InChI=1S/C15H14N2O4/c1-2-21-15(20)11-3-5-12(6-4-11)17-14(19)13-7-10(9-18)8-16-13/h3-9,16H,2H2,1H3,(H,17,19). The Morgan fingerprint density at radius 3 is 2.57 bits per heavy atom. The highest BCUT2D eigenvalue weighted by atomic mass is 16.5. The summed E-state index contributed by atoms with van der Waals surface area (Å²) in [5.74, 6) is -0.776. The number of amides is 1. The molecule has 21 heavy (non-hydrogen) atoms. The first-order chi connectivity index (χ1) is 10.1. The van der Waals surface area contributed by atoms with Crippen molar-refractivity contribution in [3.05, 3.63) is 53.3 Å². The smallest absolute Gasteiger partial charge is 0.338 e. The molecule has 2 aromatic rings. The summed E-state index contributed by atoms with van der Waals surface area (Å²) in [5, 5.41) is 2.66. The van der Waals surface area contributed by atoms with E-state index in [2.05, 4.69) is 10.3 Å². The zero-order valence-electron chi connectivity index (χ0n) is 11.4. The Morgan fingerprint density at radius 2 is 2.00 bits per heavy atom. The predicted molar refractivity (Wildman–Crippen MR) is 76.5 cm³/mol. The summed E-state index contributed by atoms with van der Waals surface area (Å²) < 4.78 is 4.87. The van der Waals surface area contributed by atoms with Crippen molar-refractivity contribution >= 4 is 23.9 Å². The minimum Gasteiger partial charge on any atom is -0.462 e. The second-order valence-corrected chi connectivity index (χ2v) is 4.22. The lowest BCUT2D eigenvalue weighted by Crippen LogP contribution is -2.12. The fraction of sp³-hybridized carbons (Fsp3) is 0.133. The molecule has 108 valence electrons. The van der Waals surface area contributed by atoms with Crippen LogP contribution in [0.25, 0.3) is 0 Å². The van der Waals surface area contributed by atoms with Crippen LogP contribution in [0.5, 0.6) is 0 Å². The second-order valence-electron chi connectivity index (χ2n) is 4.22. The molecule has 0 bridgehead atoms. The maximum atomic E-state index is 11.9. The van der Waals surface area contributed by atoms with E-state index in [1.807, 2.05) is 0 Å². The van der Waals surface area contributed by atoms with Gasteiger partial charge >= 0.3 is 5.97 Å². The number of rotatable bonds is 5. The molecule has 1 amide bonds. The van der Waals surface area contributed by atoms with Crippen molar-refractivity contribution in [1.29, 1.82) is 0 Å². The highest BCUT2D eigenvalue weighted by Crippen LogP contribution is 2.12. The van der Waals surface area contributed by atoms with Gasteiger partial charge in [0.05, 0.1) is 12.2 Å². The number of aromatic nitrogens is 1. The lowest BCUT2D eigenvalue weighted by Gasteiger charge is -2.05. The molecular weight excluding hydrogens is 272 g/mol. The van der Waals surface area contributed by atoms with Crippen molar-refractivity contribution < 1.29 is 19.1 Å². The SMILES string of the molecule is CCOC(=O)c1ccc(NC(=O)c2cc(C=O)c[nH]2)cc1. The van der Waals surface area contributed by atoms with Crippen LogP contribution in [0.4, 0.5) is 5.69 Å². The van der Waals surface area contributed by atoms with Gasteiger partial charge < -0.3 is 15.0 Å². The molecule has 0 aliphatic heterocycles. The molecule has 0 saturated heterocycles. The van der Waals surface area contributed by atoms with Crippen LogP contribution >= 0.6 is 0 Å². The lowest BCUT2D eigenvalue weighted by atomic mass is 10.2. The molecule has 0 spiro atoms. The molecule has 0 atom stereocenters. The van der Waals surface area contributed by atoms with Gasteiger partial charge in [-0.05, 0) is 37.3 Å². The van der Waals surface area contributed by atoms with Gasteiger partial charge in [0.25, 0.3) is 5.91 Å². The monoisotopic (exact) mass is 286 g/mol. The normalized spacial score (nSPS) is 9.95. The van der Waals surface area contributed by atoms with E-state index >= 15 is 0 Å². The Kier molecular flexibility index (Phi) is 4.50. The molecule has 1 aromatic heterocycles. The van der Waals surface area contributed by atoms with Crippen LogP contribution in [0.15, 0.2) is 36.5 Å². The van der Waals surface area contributed by atoms with Crippen molar-refractivity contribution in [2.75, 3.05) is 11.9 Å². The van der Waals surface area contributed by atoms with Gasteiger partial charge in [0.15, 0.2) is 6.29 Å². The average Bonchev–Trinajstić information content (AvgIpc) is 2.97. The number of anilines is 1. The van der Waals surface area contributed by atoms with Gasteiger partial charge in [-0.15, -0.1) is 0 Å². The third-order valence-corrected chi connectivity index (χ3v) is 2.74. The Labute approximate surface area is 121 Å². The zero-order valence-corrected chi connectivity index (χ0v) is 11.4. The highest BCUT2D eigenvalue weighted by molar-refractivity contribution is 6.04. The molecule has 6 heteroatoms. The molecule has 0 radical (unpaired) electrons. The lowest BCUT2D eigenvalue weighted by molar-refractivity contribution is 0.0526. The number of hydrogen-bond acceptors (Lipinski definition) is 4. The summed E-state index contributed by atoms with van der Waals surface area (Å²) in [4.78, 5) is 36.7. The fourth-order valence-corrected chi connectivity index (χ4v) is 1.71. The Bertz CT molecular complexity index is 659.